The molecule has 0 bridgehead atoms. The van der Waals surface area contributed by atoms with Crippen LogP contribution in [-0.2, 0) is 0 Å². The minimum atomic E-state index is -0.0855. The minimum Gasteiger partial charge on any atom is -0.354 e. The highest BCUT2D eigenvalue weighted by molar-refractivity contribution is 9.10. The summed E-state index contributed by atoms with van der Waals surface area (Å²) in [6.07, 6.45) is 8.75. The van der Waals surface area contributed by atoms with E-state index in [1.807, 2.05) is 30.3 Å². The van der Waals surface area contributed by atoms with Crippen LogP contribution in [0.15, 0.2) is 47.1 Å². The van der Waals surface area contributed by atoms with E-state index in [4.69, 9.17) is 0 Å². The van der Waals surface area contributed by atoms with Crippen molar-refractivity contribution < 1.29 is 4.79 Å². The molecule has 1 aromatic carbocycles. The van der Waals surface area contributed by atoms with Gasteiger partial charge in [0.1, 0.15) is 5.69 Å². The first-order chi connectivity index (χ1) is 11.7. The van der Waals surface area contributed by atoms with E-state index >= 15 is 0 Å². The van der Waals surface area contributed by atoms with E-state index in [1.165, 1.54) is 25.7 Å². The summed E-state index contributed by atoms with van der Waals surface area (Å²) in [6, 6.07) is 11.8. The lowest BCUT2D eigenvalue weighted by Gasteiger charge is -2.16. The molecule has 0 unspecified atom stereocenters. The average molecular weight is 388 g/mol. The first-order valence-electron chi connectivity index (χ1n) is 8.51. The highest BCUT2D eigenvalue weighted by Gasteiger charge is 2.16. The molecule has 1 saturated carbocycles. The van der Waals surface area contributed by atoms with Crippen LogP contribution in [-0.4, -0.2) is 16.9 Å². The minimum absolute atomic E-state index is 0.0855. The zero-order valence-corrected chi connectivity index (χ0v) is 15.2. The van der Waals surface area contributed by atoms with Crippen molar-refractivity contribution in [3.05, 3.63) is 52.8 Å². The molecule has 0 saturated heterocycles. The summed E-state index contributed by atoms with van der Waals surface area (Å²) in [5.74, 6) is -0.0855. The Balaban J connectivity index is 1.68. The summed E-state index contributed by atoms with van der Waals surface area (Å²) in [5.41, 5.74) is 2.26. The van der Waals surface area contributed by atoms with Gasteiger partial charge in [-0.1, -0.05) is 37.8 Å². The summed E-state index contributed by atoms with van der Waals surface area (Å²) >= 11 is 3.52. The Morgan fingerprint density at radius 2 is 1.83 bits per heavy atom. The molecule has 0 aliphatic heterocycles. The Labute approximate surface area is 151 Å². The average Bonchev–Trinajstić information content (AvgIpc) is 2.86. The normalized spacial score (nSPS) is 15.5. The molecule has 24 heavy (non-hydrogen) atoms. The van der Waals surface area contributed by atoms with Crippen LogP contribution >= 0.6 is 15.9 Å². The Morgan fingerprint density at radius 1 is 1.08 bits per heavy atom. The number of carbonyl (C=O) groups is 1. The molecule has 2 aromatic rings. The number of halogens is 1. The number of anilines is 2. The van der Waals surface area contributed by atoms with Crippen molar-refractivity contribution in [2.24, 2.45) is 0 Å². The fourth-order valence-electron chi connectivity index (χ4n) is 3.03. The SMILES string of the molecule is O=C(NC1CCCCCC1)c1cc(Nc2ccccc2Br)ccn1. The van der Waals surface area contributed by atoms with Crippen molar-refractivity contribution in [3.63, 3.8) is 0 Å². The lowest BCUT2D eigenvalue weighted by Crippen LogP contribution is -2.34. The van der Waals surface area contributed by atoms with E-state index in [0.29, 0.717) is 5.69 Å². The van der Waals surface area contributed by atoms with Crippen LogP contribution in [0.4, 0.5) is 11.4 Å². The molecule has 3 rings (SSSR count). The van der Waals surface area contributed by atoms with Gasteiger partial charge in [-0.05, 0) is 53.0 Å². The lowest BCUT2D eigenvalue weighted by atomic mass is 10.1. The number of hydrogen-bond donors (Lipinski definition) is 2. The van der Waals surface area contributed by atoms with Crippen LogP contribution in [0.5, 0.6) is 0 Å². The number of nitrogens with zero attached hydrogens (tertiary/aromatic N) is 1. The number of benzene rings is 1. The Bertz CT molecular complexity index is 697. The smallest absolute Gasteiger partial charge is 0.270 e. The van der Waals surface area contributed by atoms with Crippen molar-refractivity contribution in [2.75, 3.05) is 5.32 Å². The van der Waals surface area contributed by atoms with Gasteiger partial charge in [-0.25, -0.2) is 0 Å². The fraction of sp³-hybridized carbons (Fsp3) is 0.368. The Hall–Kier alpha value is -1.88. The van der Waals surface area contributed by atoms with Gasteiger partial charge in [0.05, 0.1) is 5.69 Å². The summed E-state index contributed by atoms with van der Waals surface area (Å²) in [5, 5.41) is 6.45. The maximum Gasteiger partial charge on any atom is 0.270 e. The molecule has 0 radical (unpaired) electrons. The Morgan fingerprint density at radius 3 is 2.58 bits per heavy atom. The number of carbonyl (C=O) groups excluding carboxylic acids is 1. The molecule has 1 aromatic heterocycles. The summed E-state index contributed by atoms with van der Waals surface area (Å²) in [7, 11) is 0. The largest absolute Gasteiger partial charge is 0.354 e. The number of nitrogens with one attached hydrogen (secondary N) is 2. The van der Waals surface area contributed by atoms with Gasteiger partial charge in [0.2, 0.25) is 0 Å². The Kier molecular flexibility index (Phi) is 5.86. The van der Waals surface area contributed by atoms with E-state index in [2.05, 4.69) is 31.5 Å². The number of amides is 1. The molecule has 0 atom stereocenters. The topological polar surface area (TPSA) is 54.0 Å². The molecule has 126 valence electrons. The molecule has 2 N–H and O–H groups in total. The third kappa shape index (κ3) is 4.57. The first kappa shape index (κ1) is 17.0. The third-order valence-electron chi connectivity index (χ3n) is 4.34. The second kappa shape index (κ2) is 8.29. The van der Waals surface area contributed by atoms with E-state index in [-0.39, 0.29) is 11.9 Å². The van der Waals surface area contributed by atoms with Crippen LogP contribution in [0.2, 0.25) is 0 Å². The zero-order valence-electron chi connectivity index (χ0n) is 13.6. The molecular weight excluding hydrogens is 366 g/mol. The number of pyridine rings is 1. The van der Waals surface area contributed by atoms with Crippen molar-refractivity contribution >= 4 is 33.2 Å². The molecule has 1 amide bonds. The van der Waals surface area contributed by atoms with Crippen LogP contribution in [0, 0.1) is 0 Å². The predicted octanol–water partition coefficient (Wildman–Crippen LogP) is 5.04. The molecular formula is C19H22BrN3O. The van der Waals surface area contributed by atoms with E-state index < -0.39 is 0 Å². The predicted molar refractivity (Wildman–Crippen MR) is 101 cm³/mol. The standard InChI is InChI=1S/C19H22BrN3O/c20-16-9-5-6-10-17(16)22-15-11-12-21-18(13-15)19(24)23-14-7-3-1-2-4-8-14/h5-6,9-14H,1-4,7-8H2,(H,21,22)(H,23,24). The monoisotopic (exact) mass is 387 g/mol. The van der Waals surface area contributed by atoms with Crippen molar-refractivity contribution in [2.45, 2.75) is 44.6 Å². The summed E-state index contributed by atoms with van der Waals surface area (Å²) in [4.78, 5) is 16.7. The van der Waals surface area contributed by atoms with E-state index in [1.54, 1.807) is 12.3 Å². The quantitative estimate of drug-likeness (QED) is 0.722. The molecule has 0 spiro atoms. The van der Waals surface area contributed by atoms with Gasteiger partial charge in [0.15, 0.2) is 0 Å². The lowest BCUT2D eigenvalue weighted by molar-refractivity contribution is 0.0928. The van der Waals surface area contributed by atoms with Gasteiger partial charge in [-0.3, -0.25) is 9.78 Å². The van der Waals surface area contributed by atoms with Crippen LogP contribution in [0.25, 0.3) is 0 Å². The van der Waals surface area contributed by atoms with Gasteiger partial charge < -0.3 is 10.6 Å². The molecule has 4 nitrogen and oxygen atoms in total. The molecule has 1 heterocycles. The highest BCUT2D eigenvalue weighted by Crippen LogP contribution is 2.25. The van der Waals surface area contributed by atoms with Gasteiger partial charge >= 0.3 is 0 Å². The number of para-hydroxylation sites is 1. The van der Waals surface area contributed by atoms with Gasteiger partial charge in [-0.15, -0.1) is 0 Å². The van der Waals surface area contributed by atoms with Crippen LogP contribution < -0.4 is 10.6 Å². The van der Waals surface area contributed by atoms with Crippen molar-refractivity contribution in [1.82, 2.24) is 10.3 Å². The second-order valence-corrected chi connectivity index (χ2v) is 7.05. The van der Waals surface area contributed by atoms with E-state index in [0.717, 1.165) is 28.7 Å². The number of hydrogen-bond acceptors (Lipinski definition) is 3. The summed E-state index contributed by atoms with van der Waals surface area (Å²) < 4.78 is 0.978. The number of rotatable bonds is 4. The number of aromatic nitrogens is 1. The fourth-order valence-corrected chi connectivity index (χ4v) is 3.42. The van der Waals surface area contributed by atoms with Crippen LogP contribution in [0.1, 0.15) is 49.0 Å². The first-order valence-corrected chi connectivity index (χ1v) is 9.30. The molecule has 1 aliphatic rings. The maximum absolute atomic E-state index is 12.5. The molecule has 1 aliphatic carbocycles. The zero-order chi connectivity index (χ0) is 16.8. The van der Waals surface area contributed by atoms with Gasteiger partial charge in [-0.2, -0.15) is 0 Å². The van der Waals surface area contributed by atoms with Crippen LogP contribution in [0.3, 0.4) is 0 Å². The third-order valence-corrected chi connectivity index (χ3v) is 5.03. The summed E-state index contributed by atoms with van der Waals surface area (Å²) in [6.45, 7) is 0. The van der Waals surface area contributed by atoms with Crippen molar-refractivity contribution in [1.29, 1.82) is 0 Å². The van der Waals surface area contributed by atoms with Gasteiger partial charge in [0.25, 0.3) is 5.91 Å². The maximum atomic E-state index is 12.5. The highest BCUT2D eigenvalue weighted by atomic mass is 79.9. The molecule has 5 heteroatoms. The van der Waals surface area contributed by atoms with Gasteiger partial charge in [0, 0.05) is 22.4 Å². The second-order valence-electron chi connectivity index (χ2n) is 6.20. The molecule has 1 fully saturated rings. The van der Waals surface area contributed by atoms with Crippen molar-refractivity contribution in [3.8, 4) is 0 Å². The van der Waals surface area contributed by atoms with E-state index in [9.17, 15) is 4.79 Å².